The van der Waals surface area contributed by atoms with Crippen molar-refractivity contribution in [2.75, 3.05) is 11.0 Å². The van der Waals surface area contributed by atoms with Gasteiger partial charge in [-0.3, -0.25) is 0 Å². The van der Waals surface area contributed by atoms with Gasteiger partial charge in [-0.25, -0.2) is 0 Å². The molecular formula is C20H25IO2. The van der Waals surface area contributed by atoms with Crippen LogP contribution in [0.25, 0.3) is 0 Å². The van der Waals surface area contributed by atoms with Gasteiger partial charge in [-0.15, -0.1) is 0 Å². The Hall–Kier alpha value is -0.910. The summed E-state index contributed by atoms with van der Waals surface area (Å²) < 4.78 is 5.95. The molecule has 2 aromatic rings. The van der Waals surface area contributed by atoms with Crippen LogP contribution >= 0.6 is 22.6 Å². The summed E-state index contributed by atoms with van der Waals surface area (Å²) in [6.45, 7) is 0.979. The first-order chi connectivity index (χ1) is 11.3. The molecule has 1 aliphatic heterocycles. The van der Waals surface area contributed by atoms with Crippen LogP contribution in [-0.4, -0.2) is 28.3 Å². The third kappa shape index (κ3) is 8.49. The average molecular weight is 424 g/mol. The lowest BCUT2D eigenvalue weighted by molar-refractivity contribution is 0.192. The molecule has 1 heterocycles. The predicted molar refractivity (Wildman–Crippen MR) is 104 cm³/mol. The highest BCUT2D eigenvalue weighted by Crippen LogP contribution is 2.16. The highest BCUT2D eigenvalue weighted by molar-refractivity contribution is 14.1. The van der Waals surface area contributed by atoms with E-state index >= 15 is 0 Å². The molecular weight excluding hydrogens is 399 g/mol. The van der Waals surface area contributed by atoms with Crippen LogP contribution < -0.4 is 0 Å². The van der Waals surface area contributed by atoms with Gasteiger partial charge in [0, 0.05) is 4.43 Å². The Kier molecular flexibility index (Phi) is 8.64. The van der Waals surface area contributed by atoms with Gasteiger partial charge in [0.1, 0.15) is 0 Å². The first-order valence-corrected chi connectivity index (χ1v) is 9.74. The number of halogens is 1. The van der Waals surface area contributed by atoms with Crippen LogP contribution in [0.3, 0.4) is 0 Å². The van der Waals surface area contributed by atoms with Crippen molar-refractivity contribution < 1.29 is 9.84 Å². The van der Waals surface area contributed by atoms with Crippen LogP contribution in [0.4, 0.5) is 0 Å². The molecule has 3 rings (SSSR count). The molecule has 1 saturated heterocycles. The Morgan fingerprint density at radius 1 is 0.957 bits per heavy atom. The molecule has 0 unspecified atom stereocenters. The molecule has 1 aliphatic rings. The molecule has 0 saturated carbocycles. The second kappa shape index (κ2) is 10.8. The third-order valence-electron chi connectivity index (χ3n) is 3.79. The van der Waals surface area contributed by atoms with E-state index in [9.17, 15) is 5.11 Å². The number of benzene rings is 2. The van der Waals surface area contributed by atoms with Gasteiger partial charge in [-0.1, -0.05) is 83.3 Å². The largest absolute Gasteiger partial charge is 0.392 e. The van der Waals surface area contributed by atoms with Gasteiger partial charge >= 0.3 is 0 Å². The molecule has 0 spiro atoms. The number of hydrogen-bond donors (Lipinski definition) is 1. The number of alkyl halides is 1. The van der Waals surface area contributed by atoms with Crippen molar-refractivity contribution in [1.82, 2.24) is 0 Å². The molecule has 1 N–H and O–H groups in total. The van der Waals surface area contributed by atoms with Crippen LogP contribution in [0.2, 0.25) is 0 Å². The minimum absolute atomic E-state index is 0.147. The van der Waals surface area contributed by atoms with Gasteiger partial charge in [-0.05, 0) is 36.8 Å². The van der Waals surface area contributed by atoms with Crippen LogP contribution in [0.15, 0.2) is 60.7 Å². The summed E-state index contributed by atoms with van der Waals surface area (Å²) in [5, 5.41) is 9.31. The zero-order chi connectivity index (χ0) is 16.3. The summed E-state index contributed by atoms with van der Waals surface area (Å²) in [5.41, 5.74) is 2.73. The lowest BCUT2D eigenvalue weighted by Crippen LogP contribution is -2.08. The monoisotopic (exact) mass is 424 g/mol. The van der Waals surface area contributed by atoms with Gasteiger partial charge in [0.25, 0.3) is 0 Å². The van der Waals surface area contributed by atoms with Gasteiger partial charge in [0.05, 0.1) is 18.8 Å². The lowest BCUT2D eigenvalue weighted by Gasteiger charge is -2.05. The zero-order valence-corrected chi connectivity index (χ0v) is 15.6. The Morgan fingerprint density at radius 2 is 1.48 bits per heavy atom. The Bertz CT molecular complexity index is 526. The normalized spacial score (nSPS) is 17.0. The second-order valence-corrected chi connectivity index (χ2v) is 6.69. The molecule has 0 amide bonds. The lowest BCUT2D eigenvalue weighted by atomic mass is 10.1. The molecule has 2 atom stereocenters. The van der Waals surface area contributed by atoms with Crippen molar-refractivity contribution in [3.8, 4) is 0 Å². The quantitative estimate of drug-likeness (QED) is 0.405. The number of aryl methyl sites for hydroxylation is 2. The minimum Gasteiger partial charge on any atom is -0.392 e. The first kappa shape index (κ1) is 18.4. The molecule has 2 aromatic carbocycles. The van der Waals surface area contributed by atoms with Gasteiger partial charge < -0.3 is 9.84 Å². The number of hydrogen-bond acceptors (Lipinski definition) is 2. The maximum Gasteiger partial charge on any atom is 0.0813 e. The summed E-state index contributed by atoms with van der Waals surface area (Å²) in [6.07, 6.45) is 4.61. The number of aliphatic hydroxyl groups excluding tert-OH is 1. The molecule has 0 bridgehead atoms. The smallest absolute Gasteiger partial charge is 0.0813 e. The van der Waals surface area contributed by atoms with Crippen molar-refractivity contribution >= 4 is 22.6 Å². The fourth-order valence-electron chi connectivity index (χ4n) is 2.26. The summed E-state index contributed by atoms with van der Waals surface area (Å²) >= 11 is 2.21. The summed E-state index contributed by atoms with van der Waals surface area (Å²) in [4.78, 5) is 0. The van der Waals surface area contributed by atoms with E-state index in [-0.39, 0.29) is 6.10 Å². The van der Waals surface area contributed by atoms with Gasteiger partial charge in [0.2, 0.25) is 0 Å². The minimum atomic E-state index is -0.147. The van der Waals surface area contributed by atoms with Crippen molar-refractivity contribution in [3.63, 3.8) is 0 Å². The molecule has 0 aromatic heterocycles. The third-order valence-corrected chi connectivity index (χ3v) is 4.80. The molecule has 0 radical (unpaired) electrons. The summed E-state index contributed by atoms with van der Waals surface area (Å²) in [5.74, 6) is 0. The highest BCUT2D eigenvalue weighted by Gasteiger charge is 2.21. The van der Waals surface area contributed by atoms with E-state index in [0.717, 1.165) is 30.3 Å². The number of epoxide rings is 1. The van der Waals surface area contributed by atoms with Crippen molar-refractivity contribution in [1.29, 1.82) is 0 Å². The number of ether oxygens (including phenoxy) is 1. The summed E-state index contributed by atoms with van der Waals surface area (Å²) in [6, 6.07) is 20.8. The molecule has 2 nitrogen and oxygen atoms in total. The number of aliphatic hydroxyl groups is 1. The second-order valence-electron chi connectivity index (χ2n) is 5.81. The van der Waals surface area contributed by atoms with E-state index in [1.165, 1.54) is 17.5 Å². The Balaban J connectivity index is 0.000000167. The highest BCUT2D eigenvalue weighted by atomic mass is 127. The predicted octanol–water partition coefficient (Wildman–Crippen LogP) is 4.43. The van der Waals surface area contributed by atoms with Crippen LogP contribution in [0.5, 0.6) is 0 Å². The van der Waals surface area contributed by atoms with Gasteiger partial charge in [-0.2, -0.15) is 0 Å². The molecule has 3 heteroatoms. The fraction of sp³-hybridized carbons (Fsp3) is 0.400. The molecule has 1 fully saturated rings. The SMILES string of the molecule is O[C@H](CI)CCc1ccccc1.c1ccc(CC[C@H]2CO2)cc1. The number of rotatable bonds is 7. The first-order valence-electron chi connectivity index (χ1n) is 8.21. The average Bonchev–Trinajstić information content (AvgIpc) is 3.45. The van der Waals surface area contributed by atoms with Crippen LogP contribution in [-0.2, 0) is 17.6 Å². The van der Waals surface area contributed by atoms with Crippen LogP contribution in [0.1, 0.15) is 24.0 Å². The van der Waals surface area contributed by atoms with Crippen LogP contribution in [0, 0.1) is 0 Å². The van der Waals surface area contributed by atoms with E-state index < -0.39 is 0 Å². The van der Waals surface area contributed by atoms with Crippen molar-refractivity contribution in [2.45, 2.75) is 37.9 Å². The maximum absolute atomic E-state index is 9.31. The molecule has 0 aliphatic carbocycles. The zero-order valence-electron chi connectivity index (χ0n) is 13.4. The molecule has 23 heavy (non-hydrogen) atoms. The van der Waals surface area contributed by atoms with E-state index in [0.29, 0.717) is 6.10 Å². The fourth-order valence-corrected chi connectivity index (χ4v) is 2.70. The summed E-state index contributed by atoms with van der Waals surface area (Å²) in [7, 11) is 0. The van der Waals surface area contributed by atoms with Crippen molar-refractivity contribution in [2.24, 2.45) is 0 Å². The Morgan fingerprint density at radius 3 is 1.96 bits per heavy atom. The maximum atomic E-state index is 9.31. The van der Waals surface area contributed by atoms with E-state index in [2.05, 4.69) is 65.1 Å². The van der Waals surface area contributed by atoms with Crippen molar-refractivity contribution in [3.05, 3.63) is 71.8 Å². The Labute approximate surface area is 153 Å². The van der Waals surface area contributed by atoms with E-state index in [4.69, 9.17) is 4.74 Å². The topological polar surface area (TPSA) is 32.8 Å². The molecule has 124 valence electrons. The van der Waals surface area contributed by atoms with Gasteiger partial charge in [0.15, 0.2) is 0 Å². The standard InChI is InChI=1S/C10H13IO.C10H12O/c11-8-10(12)7-6-9-4-2-1-3-5-9;1-2-4-9(5-3-1)6-7-10-8-11-10/h1-5,10,12H,6-8H2;1-5,10H,6-8H2/t2*10-/m00/s1. The van der Waals surface area contributed by atoms with E-state index in [1.807, 2.05) is 18.2 Å². The van der Waals surface area contributed by atoms with E-state index in [1.54, 1.807) is 0 Å².